The minimum atomic E-state index is 0.239. The molecule has 2 heteroatoms. The van der Waals surface area contributed by atoms with Gasteiger partial charge in [0.1, 0.15) is 0 Å². The highest BCUT2D eigenvalue weighted by Gasteiger charge is 2.14. The Morgan fingerprint density at radius 1 is 1.90 bits per heavy atom. The number of aliphatic hydroxyl groups excluding tert-OH is 1. The second-order valence-corrected chi connectivity index (χ2v) is 2.38. The molecule has 0 aromatic heterocycles. The Balaban J connectivity index is 2.45. The molecule has 0 aromatic rings. The van der Waals surface area contributed by atoms with Crippen LogP contribution in [-0.4, -0.2) is 24.3 Å². The molecule has 0 spiro atoms. The van der Waals surface area contributed by atoms with Gasteiger partial charge in [-0.3, -0.25) is 0 Å². The van der Waals surface area contributed by atoms with Gasteiger partial charge in [-0.05, 0) is 12.0 Å². The Hall–Kier alpha value is -0.600. The van der Waals surface area contributed by atoms with Crippen LogP contribution in [0.4, 0.5) is 0 Å². The van der Waals surface area contributed by atoms with E-state index in [2.05, 4.69) is 18.0 Å². The highest BCUT2D eigenvalue weighted by atomic mass is 16.3. The van der Waals surface area contributed by atoms with E-state index in [1.54, 1.807) is 0 Å². The number of hydrogen-bond acceptors (Lipinski definition) is 2. The van der Waals surface area contributed by atoms with Gasteiger partial charge in [0.15, 0.2) is 0 Å². The van der Waals surface area contributed by atoms with E-state index < -0.39 is 0 Å². The second-order valence-electron chi connectivity index (χ2n) is 2.38. The molecular weight excluding hydrogens is 126 g/mol. The topological polar surface area (TPSA) is 32.3 Å². The molecule has 2 N–H and O–H groups in total. The molecule has 0 amide bonds. The lowest BCUT2D eigenvalue weighted by atomic mass is 10.1. The molecule has 0 fully saturated rings. The predicted molar refractivity (Wildman–Crippen MR) is 41.8 cm³/mol. The molecule has 0 aliphatic carbocycles. The van der Waals surface area contributed by atoms with Crippen LogP contribution < -0.4 is 5.32 Å². The fourth-order valence-electron chi connectivity index (χ4n) is 1.20. The van der Waals surface area contributed by atoms with Crippen molar-refractivity contribution in [2.24, 2.45) is 0 Å². The summed E-state index contributed by atoms with van der Waals surface area (Å²) in [5.41, 5.74) is 1.22. The Kier molecular flexibility index (Phi) is 2.66. The first-order chi connectivity index (χ1) is 4.88. The second kappa shape index (κ2) is 3.54. The van der Waals surface area contributed by atoms with Crippen LogP contribution in [0.3, 0.4) is 0 Å². The van der Waals surface area contributed by atoms with Gasteiger partial charge in [-0.1, -0.05) is 18.7 Å². The number of rotatable bonds is 3. The number of hydrogen-bond donors (Lipinski definition) is 2. The first-order valence-corrected chi connectivity index (χ1v) is 3.55. The van der Waals surface area contributed by atoms with Gasteiger partial charge < -0.3 is 10.4 Å². The van der Waals surface area contributed by atoms with Crippen LogP contribution in [0.5, 0.6) is 0 Å². The summed E-state index contributed by atoms with van der Waals surface area (Å²) in [5, 5.41) is 11.9. The summed E-state index contributed by atoms with van der Waals surface area (Å²) in [5.74, 6) is 0. The van der Waals surface area contributed by atoms with Gasteiger partial charge in [-0.2, -0.15) is 0 Å². The maximum Gasteiger partial charge on any atom is 0.0449 e. The highest BCUT2D eigenvalue weighted by Crippen LogP contribution is 2.11. The van der Waals surface area contributed by atoms with E-state index in [-0.39, 0.29) is 6.61 Å². The SMILES string of the molecule is C=CC1=CCN[C@@H]1CCO. The first kappa shape index (κ1) is 7.51. The van der Waals surface area contributed by atoms with Gasteiger partial charge in [0.25, 0.3) is 0 Å². The maximum atomic E-state index is 8.64. The molecule has 0 radical (unpaired) electrons. The van der Waals surface area contributed by atoms with Crippen LogP contribution in [0.2, 0.25) is 0 Å². The van der Waals surface area contributed by atoms with Gasteiger partial charge in [-0.15, -0.1) is 0 Å². The molecule has 56 valence electrons. The Morgan fingerprint density at radius 3 is 3.30 bits per heavy atom. The smallest absolute Gasteiger partial charge is 0.0449 e. The van der Waals surface area contributed by atoms with Crippen molar-refractivity contribution in [3.8, 4) is 0 Å². The van der Waals surface area contributed by atoms with Gasteiger partial charge >= 0.3 is 0 Å². The highest BCUT2D eigenvalue weighted by molar-refractivity contribution is 5.27. The molecule has 1 heterocycles. The average molecular weight is 139 g/mol. The molecule has 0 aromatic carbocycles. The fraction of sp³-hybridized carbons (Fsp3) is 0.500. The molecule has 10 heavy (non-hydrogen) atoms. The Bertz CT molecular complexity index is 151. The monoisotopic (exact) mass is 139 g/mol. The van der Waals surface area contributed by atoms with E-state index in [4.69, 9.17) is 5.11 Å². The van der Waals surface area contributed by atoms with Gasteiger partial charge in [0.05, 0.1) is 0 Å². The summed E-state index contributed by atoms with van der Waals surface area (Å²) in [7, 11) is 0. The zero-order chi connectivity index (χ0) is 7.40. The van der Waals surface area contributed by atoms with Crippen molar-refractivity contribution in [2.75, 3.05) is 13.2 Å². The summed E-state index contributed by atoms with van der Waals surface area (Å²) in [6, 6.07) is 0.336. The minimum Gasteiger partial charge on any atom is -0.396 e. The normalized spacial score (nSPS) is 24.5. The number of aliphatic hydroxyl groups is 1. The van der Waals surface area contributed by atoms with Crippen molar-refractivity contribution in [3.63, 3.8) is 0 Å². The van der Waals surface area contributed by atoms with Crippen molar-refractivity contribution in [1.29, 1.82) is 0 Å². The zero-order valence-electron chi connectivity index (χ0n) is 6.01. The first-order valence-electron chi connectivity index (χ1n) is 3.55. The minimum absolute atomic E-state index is 0.239. The summed E-state index contributed by atoms with van der Waals surface area (Å²) in [4.78, 5) is 0. The third-order valence-electron chi connectivity index (χ3n) is 1.76. The van der Waals surface area contributed by atoms with E-state index in [0.717, 1.165) is 13.0 Å². The average Bonchev–Trinajstić information content (AvgIpc) is 2.36. The molecule has 0 unspecified atom stereocenters. The largest absolute Gasteiger partial charge is 0.396 e. The lowest BCUT2D eigenvalue weighted by molar-refractivity contribution is 0.276. The van der Waals surface area contributed by atoms with Crippen LogP contribution in [0.25, 0.3) is 0 Å². The van der Waals surface area contributed by atoms with Crippen molar-refractivity contribution in [1.82, 2.24) is 5.32 Å². The van der Waals surface area contributed by atoms with Crippen LogP contribution in [0.1, 0.15) is 6.42 Å². The van der Waals surface area contributed by atoms with Crippen LogP contribution in [-0.2, 0) is 0 Å². The van der Waals surface area contributed by atoms with Crippen LogP contribution >= 0.6 is 0 Å². The molecule has 0 saturated heterocycles. The summed E-state index contributed by atoms with van der Waals surface area (Å²) >= 11 is 0. The van der Waals surface area contributed by atoms with Gasteiger partial charge in [-0.25, -0.2) is 0 Å². The van der Waals surface area contributed by atoms with Gasteiger partial charge in [0, 0.05) is 19.2 Å². The third-order valence-corrected chi connectivity index (χ3v) is 1.76. The molecule has 0 bridgehead atoms. The Morgan fingerprint density at radius 2 is 2.70 bits per heavy atom. The third kappa shape index (κ3) is 1.46. The van der Waals surface area contributed by atoms with E-state index in [1.165, 1.54) is 5.57 Å². The Labute approximate surface area is 61.3 Å². The lowest BCUT2D eigenvalue weighted by Crippen LogP contribution is -2.25. The standard InChI is InChI=1S/C8H13NO/c1-2-7-3-5-9-8(7)4-6-10/h2-3,8-10H,1,4-6H2/t8-/m1/s1. The van der Waals surface area contributed by atoms with E-state index in [1.807, 2.05) is 6.08 Å². The van der Waals surface area contributed by atoms with Crippen LogP contribution in [0.15, 0.2) is 24.3 Å². The molecule has 2 nitrogen and oxygen atoms in total. The van der Waals surface area contributed by atoms with Crippen molar-refractivity contribution in [2.45, 2.75) is 12.5 Å². The van der Waals surface area contributed by atoms with Gasteiger partial charge in [0.2, 0.25) is 0 Å². The van der Waals surface area contributed by atoms with Crippen molar-refractivity contribution >= 4 is 0 Å². The van der Waals surface area contributed by atoms with E-state index in [9.17, 15) is 0 Å². The molecule has 1 aliphatic rings. The molecule has 1 rings (SSSR count). The zero-order valence-corrected chi connectivity index (χ0v) is 6.01. The van der Waals surface area contributed by atoms with Crippen molar-refractivity contribution < 1.29 is 5.11 Å². The van der Waals surface area contributed by atoms with Crippen LogP contribution in [0, 0.1) is 0 Å². The molecular formula is C8H13NO. The van der Waals surface area contributed by atoms with Crippen molar-refractivity contribution in [3.05, 3.63) is 24.3 Å². The summed E-state index contributed by atoms with van der Waals surface area (Å²) < 4.78 is 0. The molecule has 1 aliphatic heterocycles. The lowest BCUT2D eigenvalue weighted by Gasteiger charge is -2.10. The van der Waals surface area contributed by atoms with E-state index in [0.29, 0.717) is 6.04 Å². The summed E-state index contributed by atoms with van der Waals surface area (Å²) in [6.07, 6.45) is 4.74. The fourth-order valence-corrected chi connectivity index (χ4v) is 1.20. The molecule has 1 atom stereocenters. The maximum absolute atomic E-state index is 8.64. The van der Waals surface area contributed by atoms with E-state index >= 15 is 0 Å². The summed E-state index contributed by atoms with van der Waals surface area (Å²) in [6.45, 7) is 4.83. The quantitative estimate of drug-likeness (QED) is 0.595. The number of nitrogens with one attached hydrogen (secondary N) is 1. The molecule has 0 saturated carbocycles. The predicted octanol–water partition coefficient (Wildman–Crippen LogP) is 0.453.